The minimum absolute atomic E-state index is 0.0251. The van der Waals surface area contributed by atoms with Gasteiger partial charge in [0.1, 0.15) is 5.82 Å². The van der Waals surface area contributed by atoms with E-state index in [1.54, 1.807) is 10.6 Å². The molecule has 1 unspecified atom stereocenters. The molecule has 1 N–H and O–H groups in total. The summed E-state index contributed by atoms with van der Waals surface area (Å²) in [5.74, 6) is 0.775. The maximum absolute atomic E-state index is 11.6. The van der Waals surface area contributed by atoms with Crippen molar-refractivity contribution < 1.29 is 0 Å². The summed E-state index contributed by atoms with van der Waals surface area (Å²) < 4.78 is 1.69. The number of nitrogens with one attached hydrogen (secondary N) is 1. The second kappa shape index (κ2) is 4.37. The molecule has 1 aromatic heterocycles. The van der Waals surface area contributed by atoms with Gasteiger partial charge in [0.25, 0.3) is 5.56 Å². The van der Waals surface area contributed by atoms with Crippen LogP contribution in [0.3, 0.4) is 0 Å². The molecule has 0 spiro atoms. The van der Waals surface area contributed by atoms with Crippen LogP contribution >= 0.6 is 0 Å². The second-order valence-electron chi connectivity index (χ2n) is 3.58. The lowest BCUT2D eigenvalue weighted by atomic mass is 10.3. The van der Waals surface area contributed by atoms with Crippen molar-refractivity contribution in [3.8, 4) is 0 Å². The van der Waals surface area contributed by atoms with Crippen molar-refractivity contribution in [1.82, 2.24) is 14.9 Å². The molecule has 0 aliphatic heterocycles. The number of hydrogen-bond donors (Lipinski definition) is 1. The molecule has 0 aromatic carbocycles. The Morgan fingerprint density at radius 3 is 2.71 bits per heavy atom. The van der Waals surface area contributed by atoms with Crippen LogP contribution in [-0.4, -0.2) is 22.6 Å². The summed E-state index contributed by atoms with van der Waals surface area (Å²) in [6.45, 7) is 6.39. The van der Waals surface area contributed by atoms with E-state index in [0.29, 0.717) is 6.54 Å². The fraction of sp³-hybridized carbons (Fsp3) is 0.600. The van der Waals surface area contributed by atoms with Gasteiger partial charge in [-0.1, -0.05) is 0 Å². The van der Waals surface area contributed by atoms with Crippen LogP contribution in [0.2, 0.25) is 0 Å². The average Bonchev–Trinajstić information content (AvgIpc) is 2.10. The Morgan fingerprint density at radius 2 is 2.21 bits per heavy atom. The van der Waals surface area contributed by atoms with E-state index in [1.165, 1.54) is 0 Å². The van der Waals surface area contributed by atoms with Crippen LogP contribution in [-0.2, 0) is 6.54 Å². The normalized spacial score (nSPS) is 12.9. The number of nitrogens with zero attached hydrogens (tertiary/aromatic N) is 2. The summed E-state index contributed by atoms with van der Waals surface area (Å²) in [5, 5.41) is 3.09. The highest BCUT2D eigenvalue weighted by Crippen LogP contribution is 1.95. The highest BCUT2D eigenvalue weighted by atomic mass is 16.1. The molecular weight excluding hydrogens is 178 g/mol. The van der Waals surface area contributed by atoms with Crippen LogP contribution in [0.5, 0.6) is 0 Å². The monoisotopic (exact) mass is 195 g/mol. The minimum atomic E-state index is 0.0251. The predicted octanol–water partition coefficient (Wildman–Crippen LogP) is 0.468. The minimum Gasteiger partial charge on any atom is -0.315 e. The molecule has 0 aliphatic carbocycles. The molecule has 78 valence electrons. The molecule has 4 heteroatoms. The third-order valence-corrected chi connectivity index (χ3v) is 2.28. The van der Waals surface area contributed by atoms with E-state index in [4.69, 9.17) is 0 Å². The first kappa shape index (κ1) is 10.9. The third kappa shape index (κ3) is 2.42. The second-order valence-corrected chi connectivity index (χ2v) is 3.58. The summed E-state index contributed by atoms with van der Waals surface area (Å²) in [6.07, 6.45) is 0. The van der Waals surface area contributed by atoms with Crippen LogP contribution in [0, 0.1) is 13.8 Å². The van der Waals surface area contributed by atoms with Gasteiger partial charge in [-0.25, -0.2) is 4.98 Å². The van der Waals surface area contributed by atoms with Gasteiger partial charge in [-0.3, -0.25) is 9.36 Å². The van der Waals surface area contributed by atoms with Crippen molar-refractivity contribution in [3.63, 3.8) is 0 Å². The Hall–Kier alpha value is -1.16. The summed E-state index contributed by atoms with van der Waals surface area (Å²) in [6, 6.07) is 1.84. The molecular formula is C10H17N3O. The van der Waals surface area contributed by atoms with Crippen molar-refractivity contribution >= 4 is 0 Å². The van der Waals surface area contributed by atoms with Crippen LogP contribution in [0.1, 0.15) is 18.4 Å². The standard InChI is InChI=1S/C10H17N3O/c1-7-5-10(14)13(9(3)12-7)6-8(2)11-4/h5,8,11H,6H2,1-4H3. The highest BCUT2D eigenvalue weighted by Gasteiger charge is 2.05. The summed E-state index contributed by atoms with van der Waals surface area (Å²) in [4.78, 5) is 15.9. The quantitative estimate of drug-likeness (QED) is 0.762. The number of aryl methyl sites for hydroxylation is 2. The summed E-state index contributed by atoms with van der Waals surface area (Å²) in [5.41, 5.74) is 0.804. The molecule has 0 amide bonds. The smallest absolute Gasteiger partial charge is 0.253 e. The first-order valence-electron chi connectivity index (χ1n) is 4.77. The Morgan fingerprint density at radius 1 is 1.57 bits per heavy atom. The Balaban J connectivity index is 3.03. The fourth-order valence-corrected chi connectivity index (χ4v) is 1.35. The molecule has 0 bridgehead atoms. The van der Waals surface area contributed by atoms with E-state index in [1.807, 2.05) is 27.8 Å². The van der Waals surface area contributed by atoms with Gasteiger partial charge in [0.2, 0.25) is 0 Å². The van der Waals surface area contributed by atoms with Crippen LogP contribution < -0.4 is 10.9 Å². The lowest BCUT2D eigenvalue weighted by Crippen LogP contribution is -2.33. The largest absolute Gasteiger partial charge is 0.315 e. The van der Waals surface area contributed by atoms with E-state index >= 15 is 0 Å². The predicted molar refractivity (Wildman–Crippen MR) is 56.5 cm³/mol. The number of rotatable bonds is 3. The maximum atomic E-state index is 11.6. The van der Waals surface area contributed by atoms with Gasteiger partial charge >= 0.3 is 0 Å². The van der Waals surface area contributed by atoms with E-state index in [0.717, 1.165) is 11.5 Å². The van der Waals surface area contributed by atoms with Crippen molar-refractivity contribution in [2.75, 3.05) is 7.05 Å². The summed E-state index contributed by atoms with van der Waals surface area (Å²) in [7, 11) is 1.88. The first-order valence-corrected chi connectivity index (χ1v) is 4.77. The van der Waals surface area contributed by atoms with Crippen LogP contribution in [0.4, 0.5) is 0 Å². The molecule has 0 fully saturated rings. The topological polar surface area (TPSA) is 46.9 Å². The SMILES string of the molecule is CNC(C)Cn1c(C)nc(C)cc1=O. The highest BCUT2D eigenvalue weighted by molar-refractivity contribution is 5.01. The van der Waals surface area contributed by atoms with Gasteiger partial charge in [0.05, 0.1) is 0 Å². The third-order valence-electron chi connectivity index (χ3n) is 2.28. The zero-order chi connectivity index (χ0) is 10.7. The van der Waals surface area contributed by atoms with E-state index < -0.39 is 0 Å². The van der Waals surface area contributed by atoms with E-state index in [-0.39, 0.29) is 11.6 Å². The molecule has 1 heterocycles. The average molecular weight is 195 g/mol. The van der Waals surface area contributed by atoms with Gasteiger partial charge in [-0.2, -0.15) is 0 Å². The zero-order valence-corrected chi connectivity index (χ0v) is 9.16. The van der Waals surface area contributed by atoms with Gasteiger partial charge in [0.15, 0.2) is 0 Å². The van der Waals surface area contributed by atoms with Crippen molar-refractivity contribution in [2.45, 2.75) is 33.4 Å². The van der Waals surface area contributed by atoms with Crippen molar-refractivity contribution in [3.05, 3.63) is 27.9 Å². The molecule has 0 saturated carbocycles. The van der Waals surface area contributed by atoms with E-state index in [2.05, 4.69) is 10.3 Å². The van der Waals surface area contributed by atoms with Crippen LogP contribution in [0.15, 0.2) is 10.9 Å². The number of aromatic nitrogens is 2. The van der Waals surface area contributed by atoms with E-state index in [9.17, 15) is 4.79 Å². The maximum Gasteiger partial charge on any atom is 0.253 e. The summed E-state index contributed by atoms with van der Waals surface area (Å²) >= 11 is 0. The Bertz CT molecular complexity index is 370. The molecule has 1 aromatic rings. The Labute approximate surface area is 84.0 Å². The van der Waals surface area contributed by atoms with Crippen LogP contribution in [0.25, 0.3) is 0 Å². The van der Waals surface area contributed by atoms with Gasteiger partial charge in [-0.05, 0) is 27.8 Å². The molecule has 1 atom stereocenters. The molecule has 1 rings (SSSR count). The zero-order valence-electron chi connectivity index (χ0n) is 9.16. The van der Waals surface area contributed by atoms with Gasteiger partial charge in [-0.15, -0.1) is 0 Å². The van der Waals surface area contributed by atoms with Gasteiger partial charge < -0.3 is 5.32 Å². The fourth-order valence-electron chi connectivity index (χ4n) is 1.35. The van der Waals surface area contributed by atoms with Crippen molar-refractivity contribution in [1.29, 1.82) is 0 Å². The molecule has 0 radical (unpaired) electrons. The van der Waals surface area contributed by atoms with Crippen molar-refractivity contribution in [2.24, 2.45) is 0 Å². The lowest BCUT2D eigenvalue weighted by Gasteiger charge is -2.14. The van der Waals surface area contributed by atoms with Gasteiger partial charge in [0, 0.05) is 24.3 Å². The molecule has 0 saturated heterocycles. The lowest BCUT2D eigenvalue weighted by molar-refractivity contribution is 0.490. The molecule has 14 heavy (non-hydrogen) atoms. The Kier molecular flexibility index (Phi) is 3.41. The molecule has 0 aliphatic rings. The first-order chi connectivity index (χ1) is 6.54. The number of likely N-dealkylation sites (N-methyl/N-ethyl adjacent to an activating group) is 1. The number of hydrogen-bond acceptors (Lipinski definition) is 3. The molecule has 4 nitrogen and oxygen atoms in total.